The van der Waals surface area contributed by atoms with Crippen molar-refractivity contribution in [3.63, 3.8) is 0 Å². The van der Waals surface area contributed by atoms with Gasteiger partial charge in [0.2, 0.25) is 0 Å². The summed E-state index contributed by atoms with van der Waals surface area (Å²) in [4.78, 5) is 0. The van der Waals surface area contributed by atoms with Crippen LogP contribution in [0.25, 0.3) is 0 Å². The smallest absolute Gasteiger partial charge is 0.123 e. The molecule has 0 atom stereocenters. The van der Waals surface area contributed by atoms with E-state index in [9.17, 15) is 4.39 Å². The zero-order valence-corrected chi connectivity index (χ0v) is 9.69. The lowest BCUT2D eigenvalue weighted by molar-refractivity contribution is 0.406. The Morgan fingerprint density at radius 2 is 2.27 bits per heavy atom. The Balaban J connectivity index is 2.54. The summed E-state index contributed by atoms with van der Waals surface area (Å²) in [6, 6.07) is 4.54. The largest absolute Gasteiger partial charge is 0.496 e. The Labute approximate surface area is 95.2 Å². The molecule has 15 heavy (non-hydrogen) atoms. The van der Waals surface area contributed by atoms with Crippen molar-refractivity contribution in [1.82, 2.24) is 5.32 Å². The third-order valence-electron chi connectivity index (χ3n) is 2.07. The van der Waals surface area contributed by atoms with E-state index >= 15 is 0 Å². The first-order valence-corrected chi connectivity index (χ1v) is 5.55. The van der Waals surface area contributed by atoms with Crippen molar-refractivity contribution in [3.05, 3.63) is 29.6 Å². The summed E-state index contributed by atoms with van der Waals surface area (Å²) in [6.07, 6.45) is 1.00. The molecule has 0 aliphatic carbocycles. The van der Waals surface area contributed by atoms with E-state index < -0.39 is 0 Å². The number of hydrogen-bond donors (Lipinski definition) is 2. The summed E-state index contributed by atoms with van der Waals surface area (Å²) in [7, 11) is 1.59. The fourth-order valence-electron chi connectivity index (χ4n) is 1.31. The van der Waals surface area contributed by atoms with Crippen LogP contribution < -0.4 is 10.1 Å². The van der Waals surface area contributed by atoms with Gasteiger partial charge in [0.1, 0.15) is 11.6 Å². The van der Waals surface area contributed by atoms with E-state index in [-0.39, 0.29) is 5.82 Å². The molecule has 0 aromatic heterocycles. The molecule has 4 heteroatoms. The predicted octanol–water partition coefficient (Wildman–Crippen LogP) is 2.24. The Morgan fingerprint density at radius 3 is 2.93 bits per heavy atom. The molecule has 0 aliphatic rings. The van der Waals surface area contributed by atoms with Gasteiger partial charge in [-0.2, -0.15) is 12.6 Å². The highest BCUT2D eigenvalue weighted by atomic mass is 32.1. The van der Waals surface area contributed by atoms with Crippen LogP contribution in [0.15, 0.2) is 18.2 Å². The lowest BCUT2D eigenvalue weighted by Crippen LogP contribution is -2.15. The van der Waals surface area contributed by atoms with Gasteiger partial charge in [0, 0.05) is 12.1 Å². The molecule has 0 spiro atoms. The molecule has 1 aromatic rings. The number of halogens is 1. The summed E-state index contributed by atoms with van der Waals surface area (Å²) in [5.74, 6) is 1.34. The van der Waals surface area contributed by atoms with Crippen LogP contribution in [0.1, 0.15) is 12.0 Å². The third kappa shape index (κ3) is 4.10. The van der Waals surface area contributed by atoms with Crippen molar-refractivity contribution in [2.75, 3.05) is 19.4 Å². The SMILES string of the molecule is COc1ccc(F)cc1CNCCCS. The molecule has 0 bridgehead atoms. The van der Waals surface area contributed by atoms with Crippen LogP contribution in [0.5, 0.6) is 5.75 Å². The van der Waals surface area contributed by atoms with Gasteiger partial charge in [-0.3, -0.25) is 0 Å². The van der Waals surface area contributed by atoms with Crippen molar-refractivity contribution < 1.29 is 9.13 Å². The monoisotopic (exact) mass is 229 g/mol. The second kappa shape index (κ2) is 6.69. The molecule has 84 valence electrons. The van der Waals surface area contributed by atoms with Crippen molar-refractivity contribution in [2.24, 2.45) is 0 Å². The van der Waals surface area contributed by atoms with Gasteiger partial charge < -0.3 is 10.1 Å². The molecule has 0 saturated carbocycles. The summed E-state index contributed by atoms with van der Waals surface area (Å²) in [5, 5.41) is 3.21. The second-order valence-corrected chi connectivity index (χ2v) is 3.66. The highest BCUT2D eigenvalue weighted by molar-refractivity contribution is 7.80. The van der Waals surface area contributed by atoms with Crippen LogP contribution in [-0.2, 0) is 6.54 Å². The average molecular weight is 229 g/mol. The van der Waals surface area contributed by atoms with Gasteiger partial charge >= 0.3 is 0 Å². The van der Waals surface area contributed by atoms with Crippen LogP contribution in [0, 0.1) is 5.82 Å². The highest BCUT2D eigenvalue weighted by Gasteiger charge is 2.03. The standard InChI is InChI=1S/C11H16FNOS/c1-14-11-4-3-10(12)7-9(11)8-13-5-2-6-15/h3-4,7,13,15H,2,5-6,8H2,1H3. The maximum absolute atomic E-state index is 13.0. The van der Waals surface area contributed by atoms with E-state index in [1.165, 1.54) is 12.1 Å². The quantitative estimate of drug-likeness (QED) is 0.576. The topological polar surface area (TPSA) is 21.3 Å². The average Bonchev–Trinajstić information content (AvgIpc) is 2.25. The molecule has 1 aromatic carbocycles. The first kappa shape index (κ1) is 12.3. The Kier molecular flexibility index (Phi) is 5.50. The number of thiol groups is 1. The molecule has 2 nitrogen and oxygen atoms in total. The van der Waals surface area contributed by atoms with E-state index in [1.807, 2.05) is 0 Å². The van der Waals surface area contributed by atoms with Crippen molar-refractivity contribution in [3.8, 4) is 5.75 Å². The van der Waals surface area contributed by atoms with E-state index in [2.05, 4.69) is 17.9 Å². The normalized spacial score (nSPS) is 10.3. The molecule has 0 aliphatic heterocycles. The Bertz CT molecular complexity index is 307. The first-order valence-electron chi connectivity index (χ1n) is 4.92. The van der Waals surface area contributed by atoms with Crippen molar-refractivity contribution >= 4 is 12.6 Å². The Hall–Kier alpha value is -0.740. The molecule has 1 N–H and O–H groups in total. The minimum Gasteiger partial charge on any atom is -0.496 e. The molecule has 0 amide bonds. The lowest BCUT2D eigenvalue weighted by Gasteiger charge is -2.09. The first-order chi connectivity index (χ1) is 7.27. The van der Waals surface area contributed by atoms with Crippen LogP contribution >= 0.6 is 12.6 Å². The number of benzene rings is 1. The Morgan fingerprint density at radius 1 is 1.47 bits per heavy atom. The van der Waals surface area contributed by atoms with Crippen LogP contribution in [0.4, 0.5) is 4.39 Å². The van der Waals surface area contributed by atoms with Crippen LogP contribution in [-0.4, -0.2) is 19.4 Å². The summed E-state index contributed by atoms with van der Waals surface area (Å²) >= 11 is 4.11. The molecule has 1 rings (SSSR count). The summed E-state index contributed by atoms with van der Waals surface area (Å²) in [6.45, 7) is 1.50. The minimum atomic E-state index is -0.234. The molecule has 0 saturated heterocycles. The van der Waals surface area contributed by atoms with Gasteiger partial charge in [0.15, 0.2) is 0 Å². The van der Waals surface area contributed by atoms with Crippen molar-refractivity contribution in [1.29, 1.82) is 0 Å². The van der Waals surface area contributed by atoms with E-state index in [0.29, 0.717) is 6.54 Å². The van der Waals surface area contributed by atoms with Gasteiger partial charge in [0.25, 0.3) is 0 Å². The minimum absolute atomic E-state index is 0.234. The number of nitrogens with one attached hydrogen (secondary N) is 1. The van der Waals surface area contributed by atoms with Gasteiger partial charge in [-0.1, -0.05) is 0 Å². The number of hydrogen-bond acceptors (Lipinski definition) is 3. The number of methoxy groups -OCH3 is 1. The fourth-order valence-corrected chi connectivity index (χ4v) is 1.47. The van der Waals surface area contributed by atoms with Gasteiger partial charge in [-0.25, -0.2) is 4.39 Å². The maximum atomic E-state index is 13.0. The number of ether oxygens (including phenoxy) is 1. The zero-order chi connectivity index (χ0) is 11.1. The third-order valence-corrected chi connectivity index (χ3v) is 2.39. The van der Waals surface area contributed by atoms with Crippen LogP contribution in [0.3, 0.4) is 0 Å². The van der Waals surface area contributed by atoms with E-state index in [0.717, 1.165) is 30.0 Å². The molecular formula is C11H16FNOS. The molecule has 0 heterocycles. The molecule has 0 radical (unpaired) electrons. The lowest BCUT2D eigenvalue weighted by atomic mass is 10.2. The fraction of sp³-hybridized carbons (Fsp3) is 0.455. The predicted molar refractivity (Wildman–Crippen MR) is 63.1 cm³/mol. The van der Waals surface area contributed by atoms with Crippen molar-refractivity contribution in [2.45, 2.75) is 13.0 Å². The zero-order valence-electron chi connectivity index (χ0n) is 8.79. The second-order valence-electron chi connectivity index (χ2n) is 3.21. The molecule has 0 unspecified atom stereocenters. The van der Waals surface area contributed by atoms with Gasteiger partial charge in [-0.15, -0.1) is 0 Å². The van der Waals surface area contributed by atoms with Gasteiger partial charge in [-0.05, 0) is 36.9 Å². The summed E-state index contributed by atoms with van der Waals surface area (Å²) < 4.78 is 18.1. The summed E-state index contributed by atoms with van der Waals surface area (Å²) in [5.41, 5.74) is 0.844. The maximum Gasteiger partial charge on any atom is 0.123 e. The van der Waals surface area contributed by atoms with Crippen LogP contribution in [0.2, 0.25) is 0 Å². The highest BCUT2D eigenvalue weighted by Crippen LogP contribution is 2.18. The molecule has 0 fully saturated rings. The van der Waals surface area contributed by atoms with Gasteiger partial charge in [0.05, 0.1) is 7.11 Å². The number of rotatable bonds is 6. The van der Waals surface area contributed by atoms with E-state index in [1.54, 1.807) is 13.2 Å². The van der Waals surface area contributed by atoms with E-state index in [4.69, 9.17) is 4.74 Å². The molecular weight excluding hydrogens is 213 g/mol.